The van der Waals surface area contributed by atoms with E-state index in [9.17, 15) is 0 Å². The number of rotatable bonds is 8. The van der Waals surface area contributed by atoms with E-state index in [1.165, 1.54) is 24.8 Å². The lowest BCUT2D eigenvalue weighted by Gasteiger charge is -2.35. The van der Waals surface area contributed by atoms with Crippen LogP contribution in [-0.4, -0.2) is 24.0 Å². The van der Waals surface area contributed by atoms with Crippen molar-refractivity contribution in [1.29, 1.82) is 0 Å². The largest absolute Gasteiger partial charge is 0.329 e. The normalized spacial score (nSPS) is 13.2. The highest BCUT2D eigenvalue weighted by Gasteiger charge is 2.21. The summed E-state index contributed by atoms with van der Waals surface area (Å²) in [5.74, 6) is 0. The molecule has 0 aliphatic carbocycles. The number of halogens is 2. The second-order valence-electron chi connectivity index (χ2n) is 5.46. The Morgan fingerprint density at radius 2 is 2.00 bits per heavy atom. The molecule has 1 rings (SSSR count). The highest BCUT2D eigenvalue weighted by molar-refractivity contribution is 9.10. The fourth-order valence-corrected chi connectivity index (χ4v) is 2.94. The Balaban J connectivity index is 2.91. The van der Waals surface area contributed by atoms with Crippen molar-refractivity contribution in [3.63, 3.8) is 0 Å². The van der Waals surface area contributed by atoms with Gasteiger partial charge in [0.2, 0.25) is 0 Å². The Hall–Kier alpha value is -0.0900. The number of unbranched alkanes of at least 4 members (excludes halogenated alkanes) is 2. The van der Waals surface area contributed by atoms with Gasteiger partial charge >= 0.3 is 0 Å². The molecule has 1 aromatic rings. The molecular formula is C16H26BrClN2. The summed E-state index contributed by atoms with van der Waals surface area (Å²) in [6.45, 7) is 8.39. The summed E-state index contributed by atoms with van der Waals surface area (Å²) in [6.07, 6.45) is 3.72. The monoisotopic (exact) mass is 360 g/mol. The Morgan fingerprint density at radius 1 is 1.30 bits per heavy atom. The molecule has 0 saturated carbocycles. The van der Waals surface area contributed by atoms with Crippen molar-refractivity contribution in [2.75, 3.05) is 13.1 Å². The van der Waals surface area contributed by atoms with Gasteiger partial charge in [-0.05, 0) is 60.4 Å². The Labute approximate surface area is 136 Å². The van der Waals surface area contributed by atoms with Gasteiger partial charge in [0, 0.05) is 23.1 Å². The van der Waals surface area contributed by atoms with Gasteiger partial charge in [-0.15, -0.1) is 0 Å². The Kier molecular flexibility index (Phi) is 8.11. The van der Waals surface area contributed by atoms with Crippen molar-refractivity contribution in [1.82, 2.24) is 4.90 Å². The maximum atomic E-state index is 6.22. The average Bonchev–Trinajstić information content (AvgIpc) is 2.41. The van der Waals surface area contributed by atoms with Crippen LogP contribution < -0.4 is 5.73 Å². The SMILES string of the molecule is CCCCCN(C(C)C)C(CN)c1ccc(Br)c(Cl)c1. The average molecular weight is 362 g/mol. The van der Waals surface area contributed by atoms with Gasteiger partial charge in [-0.2, -0.15) is 0 Å². The van der Waals surface area contributed by atoms with Crippen LogP contribution in [0, 0.1) is 0 Å². The van der Waals surface area contributed by atoms with Crippen LogP contribution in [0.1, 0.15) is 51.6 Å². The topological polar surface area (TPSA) is 29.3 Å². The first-order chi connectivity index (χ1) is 9.51. The van der Waals surface area contributed by atoms with Gasteiger partial charge in [0.05, 0.1) is 5.02 Å². The Bertz CT molecular complexity index is 409. The van der Waals surface area contributed by atoms with Crippen LogP contribution in [0.3, 0.4) is 0 Å². The van der Waals surface area contributed by atoms with E-state index in [4.69, 9.17) is 17.3 Å². The summed E-state index contributed by atoms with van der Waals surface area (Å²) in [6, 6.07) is 6.85. The van der Waals surface area contributed by atoms with Crippen LogP contribution in [0.25, 0.3) is 0 Å². The van der Waals surface area contributed by atoms with Crippen LogP contribution in [0.5, 0.6) is 0 Å². The van der Waals surface area contributed by atoms with Crippen molar-refractivity contribution in [2.24, 2.45) is 5.73 Å². The molecule has 0 aliphatic rings. The zero-order valence-corrected chi connectivity index (χ0v) is 15.0. The second-order valence-corrected chi connectivity index (χ2v) is 6.73. The second kappa shape index (κ2) is 9.04. The molecule has 0 spiro atoms. The lowest BCUT2D eigenvalue weighted by molar-refractivity contribution is 0.154. The highest BCUT2D eigenvalue weighted by atomic mass is 79.9. The number of nitrogens with two attached hydrogens (primary N) is 1. The molecule has 1 aromatic carbocycles. The summed E-state index contributed by atoms with van der Waals surface area (Å²) < 4.78 is 0.931. The van der Waals surface area contributed by atoms with E-state index in [0.717, 1.165) is 16.0 Å². The molecule has 4 heteroatoms. The van der Waals surface area contributed by atoms with E-state index in [1.807, 2.05) is 12.1 Å². The predicted octanol–water partition coefficient (Wildman–Crippen LogP) is 5.00. The maximum absolute atomic E-state index is 6.22. The first-order valence-corrected chi connectivity index (χ1v) is 8.59. The minimum absolute atomic E-state index is 0.234. The highest BCUT2D eigenvalue weighted by Crippen LogP contribution is 2.29. The first-order valence-electron chi connectivity index (χ1n) is 7.42. The third-order valence-electron chi connectivity index (χ3n) is 3.64. The predicted molar refractivity (Wildman–Crippen MR) is 92.3 cm³/mol. The summed E-state index contributed by atoms with van der Waals surface area (Å²) in [5, 5.41) is 0.748. The van der Waals surface area contributed by atoms with E-state index in [1.54, 1.807) is 0 Å². The molecule has 20 heavy (non-hydrogen) atoms. The number of benzene rings is 1. The van der Waals surface area contributed by atoms with E-state index in [-0.39, 0.29) is 6.04 Å². The molecule has 0 fully saturated rings. The van der Waals surface area contributed by atoms with Gasteiger partial charge < -0.3 is 5.73 Å². The van der Waals surface area contributed by atoms with Crippen molar-refractivity contribution in [2.45, 2.75) is 52.1 Å². The molecule has 2 nitrogen and oxygen atoms in total. The molecule has 114 valence electrons. The zero-order chi connectivity index (χ0) is 15.1. The third-order valence-corrected chi connectivity index (χ3v) is 4.87. The summed E-state index contributed by atoms with van der Waals surface area (Å²) in [4.78, 5) is 2.48. The lowest BCUT2D eigenvalue weighted by Crippen LogP contribution is -2.39. The molecule has 2 N–H and O–H groups in total. The van der Waals surface area contributed by atoms with E-state index in [0.29, 0.717) is 12.6 Å². The molecule has 0 aliphatic heterocycles. The third kappa shape index (κ3) is 5.03. The van der Waals surface area contributed by atoms with E-state index >= 15 is 0 Å². The molecule has 0 radical (unpaired) electrons. The molecule has 0 heterocycles. The van der Waals surface area contributed by atoms with Gasteiger partial charge in [-0.3, -0.25) is 4.90 Å². The van der Waals surface area contributed by atoms with Crippen molar-refractivity contribution in [3.8, 4) is 0 Å². The zero-order valence-electron chi connectivity index (χ0n) is 12.7. The van der Waals surface area contributed by atoms with Gasteiger partial charge in [0.1, 0.15) is 0 Å². The van der Waals surface area contributed by atoms with Crippen molar-refractivity contribution >= 4 is 27.5 Å². The lowest BCUT2D eigenvalue weighted by atomic mass is 10.0. The molecule has 0 bridgehead atoms. The minimum Gasteiger partial charge on any atom is -0.329 e. The maximum Gasteiger partial charge on any atom is 0.0551 e. The summed E-state index contributed by atoms with van der Waals surface area (Å²) in [7, 11) is 0. The minimum atomic E-state index is 0.234. The van der Waals surface area contributed by atoms with Crippen LogP contribution >= 0.6 is 27.5 Å². The van der Waals surface area contributed by atoms with Gasteiger partial charge in [-0.25, -0.2) is 0 Å². The molecule has 0 saturated heterocycles. The Morgan fingerprint density at radius 3 is 2.50 bits per heavy atom. The smallest absolute Gasteiger partial charge is 0.0551 e. The fourth-order valence-electron chi connectivity index (χ4n) is 2.50. The summed E-state index contributed by atoms with van der Waals surface area (Å²) >= 11 is 9.66. The molecule has 1 atom stereocenters. The molecule has 0 aromatic heterocycles. The molecular weight excluding hydrogens is 336 g/mol. The van der Waals surface area contributed by atoms with Gasteiger partial charge in [-0.1, -0.05) is 37.4 Å². The fraction of sp³-hybridized carbons (Fsp3) is 0.625. The first kappa shape index (κ1) is 18.0. The standard InChI is InChI=1S/C16H26BrClN2/c1-4-5-6-9-20(12(2)3)16(11-19)13-7-8-14(17)15(18)10-13/h7-8,10,12,16H,4-6,9,11,19H2,1-3H3. The van der Waals surface area contributed by atoms with E-state index < -0.39 is 0 Å². The summed E-state index contributed by atoms with van der Waals surface area (Å²) in [5.41, 5.74) is 7.24. The van der Waals surface area contributed by atoms with Gasteiger partial charge in [0.15, 0.2) is 0 Å². The van der Waals surface area contributed by atoms with Crippen LogP contribution in [0.15, 0.2) is 22.7 Å². The number of hydrogen-bond acceptors (Lipinski definition) is 2. The molecule has 0 amide bonds. The van der Waals surface area contributed by atoms with Crippen molar-refractivity contribution in [3.05, 3.63) is 33.3 Å². The van der Waals surface area contributed by atoms with Crippen LogP contribution in [-0.2, 0) is 0 Å². The van der Waals surface area contributed by atoms with Gasteiger partial charge in [0.25, 0.3) is 0 Å². The van der Waals surface area contributed by atoms with Crippen LogP contribution in [0.4, 0.5) is 0 Å². The molecule has 1 unspecified atom stereocenters. The number of hydrogen-bond donors (Lipinski definition) is 1. The van der Waals surface area contributed by atoms with E-state index in [2.05, 4.69) is 47.7 Å². The quantitative estimate of drug-likeness (QED) is 0.660. The van der Waals surface area contributed by atoms with Crippen molar-refractivity contribution < 1.29 is 0 Å². The van der Waals surface area contributed by atoms with Crippen LogP contribution in [0.2, 0.25) is 5.02 Å². The number of nitrogens with zero attached hydrogens (tertiary/aromatic N) is 1.